The van der Waals surface area contributed by atoms with Crippen molar-refractivity contribution < 1.29 is 14.3 Å². The fraction of sp³-hybridized carbons (Fsp3) is 0.429. The Labute approximate surface area is 123 Å². The van der Waals surface area contributed by atoms with E-state index in [1.54, 1.807) is 31.2 Å². The third-order valence-corrected chi connectivity index (χ3v) is 2.64. The highest BCUT2D eigenvalue weighted by atomic mass is 35.5. The van der Waals surface area contributed by atoms with Crippen molar-refractivity contribution in [1.82, 2.24) is 0 Å². The number of esters is 1. The largest absolute Gasteiger partial charge is 0.464 e. The molecular weight excluding hydrogens is 280 g/mol. The molecule has 20 heavy (non-hydrogen) atoms. The zero-order chi connectivity index (χ0) is 15.0. The number of ether oxygens (including phenoxy) is 1. The summed E-state index contributed by atoms with van der Waals surface area (Å²) in [7, 11) is 0. The number of rotatable bonds is 7. The molecule has 1 aromatic rings. The van der Waals surface area contributed by atoms with Gasteiger partial charge in [-0.2, -0.15) is 10.2 Å². The van der Waals surface area contributed by atoms with Crippen LogP contribution in [0.2, 0.25) is 5.02 Å². The molecule has 6 heteroatoms. The van der Waals surface area contributed by atoms with Crippen molar-refractivity contribution in [2.45, 2.75) is 32.7 Å². The number of Topliss-reactive ketones (excluding diaryl/α,β-unsaturated/α-hetero) is 1. The highest BCUT2D eigenvalue weighted by Crippen LogP contribution is 2.19. The second kappa shape index (κ2) is 8.43. The molecule has 0 aliphatic rings. The van der Waals surface area contributed by atoms with Crippen molar-refractivity contribution in [3.05, 3.63) is 29.3 Å². The van der Waals surface area contributed by atoms with E-state index in [2.05, 4.69) is 10.2 Å². The lowest BCUT2D eigenvalue weighted by Gasteiger charge is -2.08. The summed E-state index contributed by atoms with van der Waals surface area (Å²) in [5.41, 5.74) is 0.482. The predicted octanol–water partition coefficient (Wildman–Crippen LogP) is 3.72. The van der Waals surface area contributed by atoms with Crippen LogP contribution in [0.5, 0.6) is 0 Å². The Bertz CT molecular complexity index is 485. The molecule has 0 saturated heterocycles. The third kappa shape index (κ3) is 5.09. The van der Waals surface area contributed by atoms with Gasteiger partial charge in [0, 0.05) is 11.4 Å². The first-order valence-electron chi connectivity index (χ1n) is 6.44. The van der Waals surface area contributed by atoms with Crippen molar-refractivity contribution in [2.24, 2.45) is 10.2 Å². The van der Waals surface area contributed by atoms with Crippen molar-refractivity contribution >= 4 is 29.0 Å². The minimum Gasteiger partial charge on any atom is -0.464 e. The molecular formula is C14H17ClN2O3. The van der Waals surface area contributed by atoms with Gasteiger partial charge in [-0.15, -0.1) is 0 Å². The summed E-state index contributed by atoms with van der Waals surface area (Å²) < 4.78 is 4.84. The van der Waals surface area contributed by atoms with Gasteiger partial charge in [-0.3, -0.25) is 4.79 Å². The number of benzene rings is 1. The van der Waals surface area contributed by atoms with Gasteiger partial charge in [0.15, 0.2) is 5.78 Å². The van der Waals surface area contributed by atoms with Crippen LogP contribution in [0.1, 0.15) is 26.7 Å². The van der Waals surface area contributed by atoms with Crippen LogP contribution in [0.4, 0.5) is 5.69 Å². The molecule has 0 bridgehead atoms. The molecule has 0 heterocycles. The molecule has 1 unspecified atom stereocenters. The Hall–Kier alpha value is -1.75. The first-order chi connectivity index (χ1) is 9.58. The van der Waals surface area contributed by atoms with E-state index in [1.165, 1.54) is 0 Å². The van der Waals surface area contributed by atoms with E-state index >= 15 is 0 Å². The molecule has 0 fully saturated rings. The molecule has 1 rings (SSSR count). The van der Waals surface area contributed by atoms with E-state index in [-0.39, 0.29) is 18.8 Å². The second-order valence-corrected chi connectivity index (χ2v) is 4.50. The Kier molecular flexibility index (Phi) is 6.87. The quantitative estimate of drug-likeness (QED) is 0.437. The highest BCUT2D eigenvalue weighted by molar-refractivity contribution is 6.30. The Balaban J connectivity index is 2.88. The van der Waals surface area contributed by atoms with Crippen LogP contribution in [0, 0.1) is 0 Å². The average molecular weight is 297 g/mol. The van der Waals surface area contributed by atoms with Crippen molar-refractivity contribution in [1.29, 1.82) is 0 Å². The molecule has 1 aromatic carbocycles. The first kappa shape index (κ1) is 16.3. The monoisotopic (exact) mass is 296 g/mol. The van der Waals surface area contributed by atoms with E-state index in [0.29, 0.717) is 17.1 Å². The number of carbonyl (C=O) groups excluding carboxylic acids is 2. The molecule has 0 aliphatic heterocycles. The van der Waals surface area contributed by atoms with Gasteiger partial charge in [0.25, 0.3) is 0 Å². The number of hydrogen-bond acceptors (Lipinski definition) is 5. The van der Waals surface area contributed by atoms with Crippen LogP contribution in [0.3, 0.4) is 0 Å². The van der Waals surface area contributed by atoms with Crippen LogP contribution >= 0.6 is 11.6 Å². The first-order valence-corrected chi connectivity index (χ1v) is 6.82. The van der Waals surface area contributed by atoms with Gasteiger partial charge in [-0.1, -0.05) is 24.6 Å². The molecule has 0 saturated carbocycles. The fourth-order valence-electron chi connectivity index (χ4n) is 1.51. The molecule has 0 radical (unpaired) electrons. The Morgan fingerprint density at radius 3 is 2.70 bits per heavy atom. The minimum absolute atomic E-state index is 0.196. The molecule has 0 aliphatic carbocycles. The zero-order valence-electron chi connectivity index (χ0n) is 11.5. The van der Waals surface area contributed by atoms with Gasteiger partial charge in [0.05, 0.1) is 12.3 Å². The molecule has 0 aromatic heterocycles. The van der Waals surface area contributed by atoms with Crippen LogP contribution < -0.4 is 0 Å². The number of azo groups is 1. The van der Waals surface area contributed by atoms with E-state index in [1.807, 2.05) is 6.92 Å². The van der Waals surface area contributed by atoms with E-state index in [0.717, 1.165) is 0 Å². The van der Waals surface area contributed by atoms with Crippen molar-refractivity contribution in [2.75, 3.05) is 6.61 Å². The molecule has 0 spiro atoms. The van der Waals surface area contributed by atoms with Gasteiger partial charge in [-0.25, -0.2) is 4.79 Å². The van der Waals surface area contributed by atoms with Crippen LogP contribution in [-0.4, -0.2) is 24.4 Å². The number of halogens is 1. The Morgan fingerprint density at radius 2 is 2.10 bits per heavy atom. The SMILES string of the molecule is CCCC(=O)C(N=Nc1cccc(Cl)c1)C(=O)OCC. The summed E-state index contributed by atoms with van der Waals surface area (Å²) in [6.07, 6.45) is 0.902. The molecule has 1 atom stereocenters. The number of nitrogens with zero attached hydrogens (tertiary/aromatic N) is 2. The molecule has 0 N–H and O–H groups in total. The topological polar surface area (TPSA) is 68.1 Å². The number of carbonyl (C=O) groups is 2. The van der Waals surface area contributed by atoms with E-state index < -0.39 is 12.0 Å². The standard InChI is InChI=1S/C14H17ClN2O3/c1-3-6-12(18)13(14(19)20-4-2)17-16-11-8-5-7-10(15)9-11/h5,7-9,13H,3-4,6H2,1-2H3. The smallest absolute Gasteiger partial charge is 0.340 e. The molecule has 108 valence electrons. The summed E-state index contributed by atoms with van der Waals surface area (Å²) in [5, 5.41) is 8.22. The van der Waals surface area contributed by atoms with Gasteiger partial charge < -0.3 is 4.74 Å². The van der Waals surface area contributed by atoms with Crippen LogP contribution in [0.15, 0.2) is 34.5 Å². The van der Waals surface area contributed by atoms with E-state index in [9.17, 15) is 9.59 Å². The summed E-state index contributed by atoms with van der Waals surface area (Å²) >= 11 is 5.82. The maximum absolute atomic E-state index is 11.9. The van der Waals surface area contributed by atoms with Gasteiger partial charge in [-0.05, 0) is 31.5 Å². The maximum Gasteiger partial charge on any atom is 0.340 e. The summed E-state index contributed by atoms with van der Waals surface area (Å²) in [6.45, 7) is 3.73. The third-order valence-electron chi connectivity index (χ3n) is 2.41. The van der Waals surface area contributed by atoms with Gasteiger partial charge in [0.1, 0.15) is 0 Å². The summed E-state index contributed by atoms with van der Waals surface area (Å²) in [4.78, 5) is 23.6. The average Bonchev–Trinajstić information content (AvgIpc) is 2.39. The lowest BCUT2D eigenvalue weighted by Crippen LogP contribution is -2.29. The molecule has 5 nitrogen and oxygen atoms in total. The van der Waals surface area contributed by atoms with Crippen LogP contribution in [0.25, 0.3) is 0 Å². The number of hydrogen-bond donors (Lipinski definition) is 0. The fourth-order valence-corrected chi connectivity index (χ4v) is 1.69. The van der Waals surface area contributed by atoms with Gasteiger partial charge in [0.2, 0.25) is 6.04 Å². The van der Waals surface area contributed by atoms with Gasteiger partial charge >= 0.3 is 5.97 Å². The van der Waals surface area contributed by atoms with E-state index in [4.69, 9.17) is 16.3 Å². The predicted molar refractivity (Wildman–Crippen MR) is 76.3 cm³/mol. The molecule has 0 amide bonds. The lowest BCUT2D eigenvalue weighted by atomic mass is 10.1. The minimum atomic E-state index is -1.20. The van der Waals surface area contributed by atoms with Crippen molar-refractivity contribution in [3.8, 4) is 0 Å². The highest BCUT2D eigenvalue weighted by Gasteiger charge is 2.26. The maximum atomic E-state index is 11.9. The lowest BCUT2D eigenvalue weighted by molar-refractivity contribution is -0.147. The van der Waals surface area contributed by atoms with Crippen LogP contribution in [-0.2, 0) is 14.3 Å². The van der Waals surface area contributed by atoms with Crippen molar-refractivity contribution in [3.63, 3.8) is 0 Å². The zero-order valence-corrected chi connectivity index (χ0v) is 12.3. The normalized spacial score (nSPS) is 12.3. The summed E-state index contributed by atoms with van der Waals surface area (Å²) in [5.74, 6) is -0.964. The summed E-state index contributed by atoms with van der Waals surface area (Å²) in [6, 6.07) is 5.49. The Morgan fingerprint density at radius 1 is 1.35 bits per heavy atom. The number of ketones is 1. The second-order valence-electron chi connectivity index (χ2n) is 4.07.